The number of aromatic amines is 1. The van der Waals surface area contributed by atoms with E-state index >= 15 is 0 Å². The second-order valence-corrected chi connectivity index (χ2v) is 6.70. The molecule has 0 aliphatic rings. The van der Waals surface area contributed by atoms with Crippen molar-refractivity contribution in [2.75, 3.05) is 0 Å². The first-order chi connectivity index (χ1) is 11.5. The number of aryl methyl sites for hydroxylation is 2. The van der Waals surface area contributed by atoms with Crippen LogP contribution in [0.3, 0.4) is 0 Å². The summed E-state index contributed by atoms with van der Waals surface area (Å²) in [7, 11) is 0. The quantitative estimate of drug-likeness (QED) is 0.740. The molecule has 0 saturated heterocycles. The van der Waals surface area contributed by atoms with Gasteiger partial charge in [-0.25, -0.2) is 4.79 Å². The molecule has 0 aliphatic heterocycles. The molecule has 3 rings (SSSR count). The van der Waals surface area contributed by atoms with E-state index in [9.17, 15) is 9.59 Å². The van der Waals surface area contributed by atoms with E-state index in [0.29, 0.717) is 23.1 Å². The Morgan fingerprint density at radius 1 is 1.25 bits per heavy atom. The van der Waals surface area contributed by atoms with Crippen molar-refractivity contribution in [3.05, 3.63) is 55.5 Å². The molecule has 122 valence electrons. The smallest absolute Gasteiger partial charge is 0.298 e. The van der Waals surface area contributed by atoms with Crippen molar-refractivity contribution in [2.24, 2.45) is 0 Å². The zero-order chi connectivity index (χ0) is 17.3. The normalized spacial score (nSPS) is 10.9. The molecule has 0 atom stereocenters. The molecule has 5 nitrogen and oxygen atoms in total. The molecule has 0 saturated carbocycles. The predicted octanol–water partition coefficient (Wildman–Crippen LogP) is 3.34. The summed E-state index contributed by atoms with van der Waals surface area (Å²) < 4.78 is 1.19. The van der Waals surface area contributed by atoms with Gasteiger partial charge in [-0.15, -0.1) is 11.3 Å². The summed E-state index contributed by atoms with van der Waals surface area (Å²) in [6, 6.07) is 8.14. The molecule has 1 aromatic carbocycles. The average Bonchev–Trinajstić information content (AvgIpc) is 2.94. The van der Waals surface area contributed by atoms with E-state index in [4.69, 9.17) is 5.26 Å². The highest BCUT2D eigenvalue weighted by atomic mass is 32.1. The molecule has 0 bridgehead atoms. The summed E-state index contributed by atoms with van der Waals surface area (Å²) in [6.45, 7) is 4.30. The zero-order valence-electron chi connectivity index (χ0n) is 13.5. The van der Waals surface area contributed by atoms with E-state index in [1.165, 1.54) is 15.9 Å². The molecular formula is C18H17N3O2S. The summed E-state index contributed by atoms with van der Waals surface area (Å²) in [6.07, 6.45) is 0.797. The first-order valence-electron chi connectivity index (χ1n) is 7.72. The number of benzene rings is 1. The highest BCUT2D eigenvalue weighted by molar-refractivity contribution is 7.17. The Balaban J connectivity index is 2.21. The van der Waals surface area contributed by atoms with Gasteiger partial charge in [0.25, 0.3) is 5.56 Å². The molecule has 6 heteroatoms. The van der Waals surface area contributed by atoms with Gasteiger partial charge in [0.15, 0.2) is 0 Å². The van der Waals surface area contributed by atoms with Crippen LogP contribution in [0.15, 0.2) is 33.2 Å². The lowest BCUT2D eigenvalue weighted by atomic mass is 9.99. The fourth-order valence-corrected chi connectivity index (χ4v) is 3.83. The highest BCUT2D eigenvalue weighted by Gasteiger charge is 2.16. The fourth-order valence-electron chi connectivity index (χ4n) is 2.89. The monoisotopic (exact) mass is 339 g/mol. The van der Waals surface area contributed by atoms with Crippen LogP contribution in [0.2, 0.25) is 0 Å². The SMILES string of the molecule is Cc1ccc(-c2csc3[nH]c(=O)n(CCCC#N)c(=O)c23)c(C)c1. The third-order valence-electron chi connectivity index (χ3n) is 4.06. The second-order valence-electron chi connectivity index (χ2n) is 5.82. The summed E-state index contributed by atoms with van der Waals surface area (Å²) >= 11 is 1.37. The maximum Gasteiger partial charge on any atom is 0.329 e. The molecule has 0 unspecified atom stereocenters. The molecule has 0 spiro atoms. The van der Waals surface area contributed by atoms with Gasteiger partial charge in [-0.05, 0) is 31.4 Å². The molecule has 3 aromatic rings. The Bertz CT molecular complexity index is 1070. The van der Waals surface area contributed by atoms with Gasteiger partial charge < -0.3 is 0 Å². The maximum atomic E-state index is 12.8. The maximum absolute atomic E-state index is 12.8. The number of fused-ring (bicyclic) bond motifs is 1. The number of nitriles is 1. The number of nitrogens with zero attached hydrogens (tertiary/aromatic N) is 2. The van der Waals surface area contributed by atoms with Crippen molar-refractivity contribution in [1.82, 2.24) is 9.55 Å². The van der Waals surface area contributed by atoms with E-state index in [0.717, 1.165) is 22.3 Å². The fraction of sp³-hybridized carbons (Fsp3) is 0.278. The first kappa shape index (κ1) is 16.2. The van der Waals surface area contributed by atoms with Crippen LogP contribution >= 0.6 is 11.3 Å². The van der Waals surface area contributed by atoms with Gasteiger partial charge in [0.1, 0.15) is 4.83 Å². The van der Waals surface area contributed by atoms with Crippen LogP contribution in [0.25, 0.3) is 21.3 Å². The lowest BCUT2D eigenvalue weighted by molar-refractivity contribution is 0.605. The van der Waals surface area contributed by atoms with Gasteiger partial charge in [-0.1, -0.05) is 23.8 Å². The van der Waals surface area contributed by atoms with E-state index in [-0.39, 0.29) is 12.1 Å². The van der Waals surface area contributed by atoms with E-state index in [1.54, 1.807) is 0 Å². The van der Waals surface area contributed by atoms with Crippen LogP contribution in [0, 0.1) is 25.2 Å². The Kier molecular flexibility index (Phi) is 4.36. The van der Waals surface area contributed by atoms with E-state index in [2.05, 4.69) is 11.1 Å². The Hall–Kier alpha value is -2.65. The molecule has 1 N–H and O–H groups in total. The third-order valence-corrected chi connectivity index (χ3v) is 4.95. The largest absolute Gasteiger partial charge is 0.329 e. The van der Waals surface area contributed by atoms with Crippen molar-refractivity contribution >= 4 is 21.6 Å². The predicted molar refractivity (Wildman–Crippen MR) is 96.5 cm³/mol. The average molecular weight is 339 g/mol. The van der Waals surface area contributed by atoms with Crippen LogP contribution in [-0.2, 0) is 6.54 Å². The Morgan fingerprint density at radius 2 is 2.04 bits per heavy atom. The van der Waals surface area contributed by atoms with Crippen LogP contribution in [0.4, 0.5) is 0 Å². The van der Waals surface area contributed by atoms with Crippen molar-refractivity contribution in [3.8, 4) is 17.2 Å². The number of hydrogen-bond donors (Lipinski definition) is 1. The summed E-state index contributed by atoms with van der Waals surface area (Å²) in [5.41, 5.74) is 3.40. The van der Waals surface area contributed by atoms with Gasteiger partial charge in [-0.2, -0.15) is 5.26 Å². The number of nitrogens with one attached hydrogen (secondary N) is 1. The van der Waals surface area contributed by atoms with Crippen LogP contribution in [0.5, 0.6) is 0 Å². The van der Waals surface area contributed by atoms with Crippen LogP contribution in [-0.4, -0.2) is 9.55 Å². The summed E-state index contributed by atoms with van der Waals surface area (Å²) in [4.78, 5) is 28.4. The standard InChI is InChI=1S/C18H17N3O2S/c1-11-5-6-13(12(2)9-11)14-10-24-16-15(14)17(22)21(18(23)20-16)8-4-3-7-19/h5-6,9-10H,3-4,8H2,1-2H3,(H,20,23). The molecule has 2 aromatic heterocycles. The molecule has 0 fully saturated rings. The number of rotatable bonds is 4. The van der Waals surface area contributed by atoms with E-state index < -0.39 is 5.69 Å². The first-order valence-corrected chi connectivity index (χ1v) is 8.60. The highest BCUT2D eigenvalue weighted by Crippen LogP contribution is 2.32. The second kappa shape index (κ2) is 6.46. The minimum atomic E-state index is -0.417. The van der Waals surface area contributed by atoms with E-state index in [1.807, 2.05) is 37.4 Å². The van der Waals surface area contributed by atoms with Crippen molar-refractivity contribution in [1.29, 1.82) is 5.26 Å². The van der Waals surface area contributed by atoms with Crippen molar-refractivity contribution in [2.45, 2.75) is 33.2 Å². The van der Waals surface area contributed by atoms with Gasteiger partial charge in [0.05, 0.1) is 11.5 Å². The molecule has 0 amide bonds. The third kappa shape index (κ3) is 2.79. The number of hydrogen-bond acceptors (Lipinski definition) is 4. The van der Waals surface area contributed by atoms with Crippen LogP contribution < -0.4 is 11.2 Å². The Labute approximate surface area is 142 Å². The van der Waals surface area contributed by atoms with Gasteiger partial charge >= 0.3 is 5.69 Å². The number of aromatic nitrogens is 2. The van der Waals surface area contributed by atoms with Gasteiger partial charge in [-0.3, -0.25) is 14.3 Å². The molecular weight excluding hydrogens is 322 g/mol. The van der Waals surface area contributed by atoms with Crippen LogP contribution in [0.1, 0.15) is 24.0 Å². The molecule has 0 radical (unpaired) electrons. The Morgan fingerprint density at radius 3 is 2.75 bits per heavy atom. The minimum absolute atomic E-state index is 0.250. The number of H-pyrrole nitrogens is 1. The molecule has 0 aliphatic carbocycles. The van der Waals surface area contributed by atoms with Gasteiger partial charge in [0, 0.05) is 23.9 Å². The lowest BCUT2D eigenvalue weighted by Crippen LogP contribution is -2.34. The summed E-state index contributed by atoms with van der Waals surface area (Å²) in [5.74, 6) is 0. The molecule has 24 heavy (non-hydrogen) atoms. The molecule has 2 heterocycles. The van der Waals surface area contributed by atoms with Crippen molar-refractivity contribution in [3.63, 3.8) is 0 Å². The number of thiophene rings is 1. The topological polar surface area (TPSA) is 78.7 Å². The summed E-state index contributed by atoms with van der Waals surface area (Å²) in [5, 5.41) is 11.1. The lowest BCUT2D eigenvalue weighted by Gasteiger charge is -2.07. The van der Waals surface area contributed by atoms with Crippen molar-refractivity contribution < 1.29 is 0 Å². The zero-order valence-corrected chi connectivity index (χ0v) is 14.4. The number of unbranched alkanes of at least 4 members (excludes halogenated alkanes) is 1. The minimum Gasteiger partial charge on any atom is -0.298 e. The van der Waals surface area contributed by atoms with Gasteiger partial charge in [0.2, 0.25) is 0 Å².